The van der Waals surface area contributed by atoms with E-state index in [1.165, 1.54) is 19.2 Å². The van der Waals surface area contributed by atoms with Crippen molar-refractivity contribution in [3.05, 3.63) is 26.8 Å². The third kappa shape index (κ3) is 2.10. The van der Waals surface area contributed by atoms with Crippen LogP contribution in [0.5, 0.6) is 0 Å². The molecule has 1 heterocycles. The first kappa shape index (κ1) is 12.5. The lowest BCUT2D eigenvalue weighted by Gasteiger charge is -2.19. The number of ketones is 1. The monoisotopic (exact) mass is 353 g/mol. The Kier molecular flexibility index (Phi) is 3.01. The topological polar surface area (TPSA) is 29.4 Å². The van der Waals surface area contributed by atoms with Gasteiger partial charge in [0.15, 0.2) is 5.78 Å². The number of benzene rings is 1. The van der Waals surface area contributed by atoms with Crippen molar-refractivity contribution < 1.29 is 18.0 Å². The number of carbonyl (C=O) groups is 1. The second-order valence-corrected chi connectivity index (χ2v) is 4.91. The van der Waals surface area contributed by atoms with Crippen molar-refractivity contribution >= 4 is 40.3 Å². The Labute approximate surface area is 109 Å². The largest absolute Gasteiger partial charge is 0.417 e. The number of hydrogen-bond donors (Lipinski definition) is 0. The molecule has 0 radical (unpaired) electrons. The van der Waals surface area contributed by atoms with E-state index < -0.39 is 23.4 Å². The predicted octanol–water partition coefficient (Wildman–Crippen LogP) is 3.84. The summed E-state index contributed by atoms with van der Waals surface area (Å²) in [6, 6.07) is 2.26. The van der Waals surface area contributed by atoms with E-state index in [0.717, 1.165) is 6.07 Å². The van der Waals surface area contributed by atoms with E-state index in [9.17, 15) is 18.0 Å². The highest BCUT2D eigenvalue weighted by molar-refractivity contribution is 14.1. The van der Waals surface area contributed by atoms with E-state index in [0.29, 0.717) is 3.57 Å². The Morgan fingerprint density at radius 3 is 2.59 bits per heavy atom. The number of rotatable bonds is 0. The molecule has 0 aliphatic carbocycles. The van der Waals surface area contributed by atoms with Crippen LogP contribution in [0.2, 0.25) is 0 Å². The first-order valence-corrected chi connectivity index (χ1v) is 5.88. The highest BCUT2D eigenvalue weighted by Gasteiger charge is 2.38. The van der Waals surface area contributed by atoms with Crippen LogP contribution >= 0.6 is 22.6 Å². The molecule has 0 aromatic heterocycles. The summed E-state index contributed by atoms with van der Waals surface area (Å²) in [4.78, 5) is 15.8. The summed E-state index contributed by atoms with van der Waals surface area (Å²) >= 11 is 1.87. The quantitative estimate of drug-likeness (QED) is 0.652. The van der Waals surface area contributed by atoms with E-state index in [2.05, 4.69) is 4.99 Å². The summed E-state index contributed by atoms with van der Waals surface area (Å²) < 4.78 is 38.9. The molecule has 1 atom stereocenters. The fourth-order valence-corrected chi connectivity index (χ4v) is 2.25. The average molecular weight is 353 g/mol. The molecule has 1 unspecified atom stereocenters. The van der Waals surface area contributed by atoms with Gasteiger partial charge in [0.2, 0.25) is 0 Å². The van der Waals surface area contributed by atoms with Crippen LogP contribution < -0.4 is 0 Å². The minimum absolute atomic E-state index is 0.128. The molecule has 0 N–H and O–H groups in total. The minimum Gasteiger partial charge on any atom is -0.293 e. The van der Waals surface area contributed by atoms with Gasteiger partial charge in [-0.2, -0.15) is 13.2 Å². The average Bonchev–Trinajstić information content (AvgIpc) is 2.22. The number of aliphatic imine (C=N–C) groups is 1. The number of Topliss-reactive ketones (excluding diaryl/α,β-unsaturated/α-hetero) is 1. The van der Waals surface area contributed by atoms with Crippen molar-refractivity contribution in [2.45, 2.75) is 13.1 Å². The fourth-order valence-electron chi connectivity index (χ4n) is 1.66. The van der Waals surface area contributed by atoms with Crippen LogP contribution in [0.15, 0.2) is 17.1 Å². The molecule has 2 rings (SSSR count). The molecule has 1 aromatic rings. The van der Waals surface area contributed by atoms with Crippen LogP contribution in [0, 0.1) is 9.49 Å². The summed E-state index contributed by atoms with van der Waals surface area (Å²) in [7, 11) is 0. The summed E-state index contributed by atoms with van der Waals surface area (Å²) in [6.07, 6.45) is -3.15. The molecule has 2 nitrogen and oxygen atoms in total. The molecule has 0 saturated heterocycles. The third-order valence-electron chi connectivity index (χ3n) is 2.52. The summed E-state index contributed by atoms with van der Waals surface area (Å²) in [5, 5.41) is 0. The van der Waals surface area contributed by atoms with E-state index >= 15 is 0 Å². The molecule has 17 heavy (non-hydrogen) atoms. The van der Waals surface area contributed by atoms with Crippen molar-refractivity contribution in [2.24, 2.45) is 10.9 Å². The van der Waals surface area contributed by atoms with Crippen LogP contribution in [0.1, 0.15) is 22.8 Å². The molecule has 90 valence electrons. The van der Waals surface area contributed by atoms with Gasteiger partial charge in [-0.25, -0.2) is 0 Å². The minimum atomic E-state index is -4.53. The Balaban J connectivity index is 2.76. The van der Waals surface area contributed by atoms with Gasteiger partial charge in [0.25, 0.3) is 0 Å². The first-order valence-electron chi connectivity index (χ1n) is 4.80. The Morgan fingerprint density at radius 1 is 1.35 bits per heavy atom. The number of nitrogens with zero attached hydrogens (tertiary/aromatic N) is 1. The van der Waals surface area contributed by atoms with Gasteiger partial charge in [-0.1, -0.05) is 6.92 Å². The Bertz CT molecular complexity index is 522. The summed E-state index contributed by atoms with van der Waals surface area (Å²) in [6.45, 7) is 1.54. The van der Waals surface area contributed by atoms with E-state index in [-0.39, 0.29) is 11.3 Å². The summed E-state index contributed by atoms with van der Waals surface area (Å²) in [5.74, 6) is -1.14. The van der Waals surface area contributed by atoms with Gasteiger partial charge < -0.3 is 0 Å². The molecule has 0 saturated carbocycles. The molecule has 0 fully saturated rings. The fraction of sp³-hybridized carbons (Fsp3) is 0.273. The van der Waals surface area contributed by atoms with Crippen molar-refractivity contribution in [1.82, 2.24) is 0 Å². The van der Waals surface area contributed by atoms with Gasteiger partial charge in [-0.15, -0.1) is 0 Å². The van der Waals surface area contributed by atoms with E-state index in [1.807, 2.05) is 22.6 Å². The highest BCUT2D eigenvalue weighted by Crippen LogP contribution is 2.40. The maximum absolute atomic E-state index is 12.8. The molecule has 6 heteroatoms. The standard InChI is InChI=1S/C11H7F3INO/c1-5-4-16-9-7(15)3-2-6(11(12,13)14)8(9)10(5)17/h2-5H,1H3. The molecule has 1 aliphatic heterocycles. The van der Waals surface area contributed by atoms with Gasteiger partial charge in [-0.05, 0) is 34.7 Å². The Morgan fingerprint density at radius 2 is 2.00 bits per heavy atom. The molecule has 0 spiro atoms. The van der Waals surface area contributed by atoms with Gasteiger partial charge in [0.1, 0.15) is 0 Å². The van der Waals surface area contributed by atoms with Crippen LogP contribution in [0.25, 0.3) is 0 Å². The zero-order chi connectivity index (χ0) is 12.8. The molecular weight excluding hydrogens is 346 g/mol. The van der Waals surface area contributed by atoms with Crippen molar-refractivity contribution in [1.29, 1.82) is 0 Å². The molecule has 0 amide bonds. The molecule has 1 aliphatic rings. The predicted molar refractivity (Wildman–Crippen MR) is 65.8 cm³/mol. The van der Waals surface area contributed by atoms with Crippen molar-refractivity contribution in [3.63, 3.8) is 0 Å². The molecule has 1 aromatic carbocycles. The maximum atomic E-state index is 12.8. The van der Waals surface area contributed by atoms with Gasteiger partial charge in [0, 0.05) is 9.78 Å². The van der Waals surface area contributed by atoms with Crippen LogP contribution in [0.4, 0.5) is 18.9 Å². The normalized spacial score (nSPS) is 19.4. The van der Waals surface area contributed by atoms with Crippen molar-refractivity contribution in [3.8, 4) is 0 Å². The lowest BCUT2D eigenvalue weighted by molar-refractivity contribution is -0.137. The third-order valence-corrected chi connectivity index (χ3v) is 3.39. The van der Waals surface area contributed by atoms with Gasteiger partial charge in [-0.3, -0.25) is 9.79 Å². The first-order chi connectivity index (χ1) is 7.82. The van der Waals surface area contributed by atoms with Crippen molar-refractivity contribution in [2.75, 3.05) is 0 Å². The van der Waals surface area contributed by atoms with Gasteiger partial charge >= 0.3 is 6.18 Å². The second-order valence-electron chi connectivity index (χ2n) is 3.75. The van der Waals surface area contributed by atoms with E-state index in [4.69, 9.17) is 0 Å². The Hall–Kier alpha value is -0.920. The van der Waals surface area contributed by atoms with Crippen LogP contribution in [-0.4, -0.2) is 12.0 Å². The maximum Gasteiger partial charge on any atom is 0.417 e. The number of alkyl halides is 3. The lowest BCUT2D eigenvalue weighted by atomic mass is 9.92. The van der Waals surface area contributed by atoms with Crippen LogP contribution in [0.3, 0.4) is 0 Å². The lowest BCUT2D eigenvalue weighted by Crippen LogP contribution is -2.22. The number of carbonyl (C=O) groups excluding carboxylic acids is 1. The SMILES string of the molecule is CC1C=Nc2c(I)ccc(C(F)(F)F)c2C1=O. The smallest absolute Gasteiger partial charge is 0.293 e. The molecule has 0 bridgehead atoms. The molecular formula is C11H7F3INO. The highest BCUT2D eigenvalue weighted by atomic mass is 127. The van der Waals surface area contributed by atoms with Crippen LogP contribution in [-0.2, 0) is 6.18 Å². The van der Waals surface area contributed by atoms with E-state index in [1.54, 1.807) is 0 Å². The van der Waals surface area contributed by atoms with Gasteiger partial charge in [0.05, 0.1) is 22.7 Å². The number of hydrogen-bond acceptors (Lipinski definition) is 2. The number of halogens is 4. The zero-order valence-electron chi connectivity index (χ0n) is 8.68. The number of fused-ring (bicyclic) bond motifs is 1. The second kappa shape index (κ2) is 4.08. The zero-order valence-corrected chi connectivity index (χ0v) is 10.8. The summed E-state index contributed by atoms with van der Waals surface area (Å²) in [5.41, 5.74) is -1.08.